The molecule has 0 unspecified atom stereocenters. The van der Waals surface area contributed by atoms with Gasteiger partial charge in [0, 0.05) is 38.2 Å². The standard InChI is InChI=1S/C24H35N3O3/c1-18(2)17-21(28)26-15-11-19(12-16-26)22(24(30)27-13-7-4-8-14-27)25-23(29)20-9-5-3-6-10-20/h3,5-6,9-10,18-19,22H,4,7-8,11-17H2,1-2H3,(H,25,29)/t22-/m0/s1. The number of hydrogen-bond donors (Lipinski definition) is 1. The summed E-state index contributed by atoms with van der Waals surface area (Å²) in [6.07, 6.45) is 5.24. The van der Waals surface area contributed by atoms with E-state index in [4.69, 9.17) is 0 Å². The lowest BCUT2D eigenvalue weighted by Gasteiger charge is -2.38. The molecule has 2 saturated heterocycles. The third-order valence-electron chi connectivity index (χ3n) is 6.20. The van der Waals surface area contributed by atoms with Crippen LogP contribution in [0.2, 0.25) is 0 Å². The summed E-state index contributed by atoms with van der Waals surface area (Å²) in [5.41, 5.74) is 0.568. The van der Waals surface area contributed by atoms with Crippen LogP contribution in [0.15, 0.2) is 30.3 Å². The van der Waals surface area contributed by atoms with Crippen molar-refractivity contribution in [2.24, 2.45) is 11.8 Å². The van der Waals surface area contributed by atoms with Crippen LogP contribution in [-0.2, 0) is 9.59 Å². The highest BCUT2D eigenvalue weighted by molar-refractivity contribution is 5.97. The largest absolute Gasteiger partial charge is 0.343 e. The first kappa shape index (κ1) is 22.3. The number of amides is 3. The molecule has 0 bridgehead atoms. The van der Waals surface area contributed by atoms with Crippen LogP contribution in [0.5, 0.6) is 0 Å². The molecule has 2 aliphatic rings. The molecule has 0 aliphatic carbocycles. The van der Waals surface area contributed by atoms with Crippen molar-refractivity contribution in [3.8, 4) is 0 Å². The fourth-order valence-corrected chi connectivity index (χ4v) is 4.47. The third kappa shape index (κ3) is 5.83. The highest BCUT2D eigenvalue weighted by Gasteiger charge is 2.36. The van der Waals surface area contributed by atoms with E-state index in [1.165, 1.54) is 0 Å². The molecule has 1 aromatic rings. The quantitative estimate of drug-likeness (QED) is 0.779. The minimum Gasteiger partial charge on any atom is -0.343 e. The van der Waals surface area contributed by atoms with Crippen LogP contribution in [0.3, 0.4) is 0 Å². The number of carbonyl (C=O) groups is 3. The van der Waals surface area contributed by atoms with Crippen molar-refractivity contribution in [2.75, 3.05) is 26.2 Å². The average Bonchev–Trinajstić information content (AvgIpc) is 2.77. The van der Waals surface area contributed by atoms with Crippen molar-refractivity contribution in [2.45, 2.75) is 58.4 Å². The Kier molecular flexibility index (Phi) is 7.88. The van der Waals surface area contributed by atoms with Gasteiger partial charge in [-0.05, 0) is 56.1 Å². The van der Waals surface area contributed by atoms with Crippen LogP contribution in [0, 0.1) is 11.8 Å². The Labute approximate surface area is 180 Å². The van der Waals surface area contributed by atoms with E-state index in [9.17, 15) is 14.4 Å². The summed E-state index contributed by atoms with van der Waals surface area (Å²) in [5, 5.41) is 3.04. The molecule has 0 aromatic heterocycles. The van der Waals surface area contributed by atoms with Gasteiger partial charge in [-0.25, -0.2) is 0 Å². The predicted molar refractivity (Wildman–Crippen MR) is 117 cm³/mol. The van der Waals surface area contributed by atoms with E-state index in [1.807, 2.05) is 28.0 Å². The van der Waals surface area contributed by atoms with Crippen molar-refractivity contribution in [1.82, 2.24) is 15.1 Å². The average molecular weight is 414 g/mol. The number of hydrogen-bond acceptors (Lipinski definition) is 3. The normalized spacial score (nSPS) is 18.9. The topological polar surface area (TPSA) is 69.7 Å². The van der Waals surface area contributed by atoms with Crippen LogP contribution < -0.4 is 5.32 Å². The molecule has 3 amide bonds. The number of rotatable bonds is 6. The Bertz CT molecular complexity index is 720. The Hall–Kier alpha value is -2.37. The summed E-state index contributed by atoms with van der Waals surface area (Å²) in [5.74, 6) is 0.412. The molecule has 0 radical (unpaired) electrons. The molecular weight excluding hydrogens is 378 g/mol. The van der Waals surface area contributed by atoms with Crippen molar-refractivity contribution in [3.63, 3.8) is 0 Å². The van der Waals surface area contributed by atoms with E-state index in [1.54, 1.807) is 12.1 Å². The van der Waals surface area contributed by atoms with E-state index in [-0.39, 0.29) is 23.6 Å². The van der Waals surface area contributed by atoms with Gasteiger partial charge in [-0.2, -0.15) is 0 Å². The molecule has 2 heterocycles. The maximum absolute atomic E-state index is 13.4. The molecule has 2 fully saturated rings. The van der Waals surface area contributed by atoms with Gasteiger partial charge in [-0.1, -0.05) is 32.0 Å². The van der Waals surface area contributed by atoms with Crippen LogP contribution >= 0.6 is 0 Å². The lowest BCUT2D eigenvalue weighted by atomic mass is 9.87. The first-order valence-corrected chi connectivity index (χ1v) is 11.4. The van der Waals surface area contributed by atoms with Crippen molar-refractivity contribution in [3.05, 3.63) is 35.9 Å². The lowest BCUT2D eigenvalue weighted by molar-refractivity contribution is -0.137. The van der Waals surface area contributed by atoms with E-state index in [0.717, 1.165) is 45.2 Å². The minimum atomic E-state index is -0.529. The number of nitrogens with one attached hydrogen (secondary N) is 1. The molecule has 6 nitrogen and oxygen atoms in total. The number of benzene rings is 1. The molecule has 1 atom stereocenters. The summed E-state index contributed by atoms with van der Waals surface area (Å²) < 4.78 is 0. The van der Waals surface area contributed by atoms with E-state index in [2.05, 4.69) is 19.2 Å². The SMILES string of the molecule is CC(C)CC(=O)N1CCC([C@H](NC(=O)c2ccccc2)C(=O)N2CCCCC2)CC1. The van der Waals surface area contributed by atoms with Crippen LogP contribution in [0.25, 0.3) is 0 Å². The second-order valence-corrected chi connectivity index (χ2v) is 9.02. The van der Waals surface area contributed by atoms with Gasteiger partial charge < -0.3 is 15.1 Å². The summed E-state index contributed by atoms with van der Waals surface area (Å²) >= 11 is 0. The Balaban J connectivity index is 1.69. The zero-order chi connectivity index (χ0) is 21.5. The summed E-state index contributed by atoms with van der Waals surface area (Å²) in [6, 6.07) is 8.54. The first-order chi connectivity index (χ1) is 14.5. The predicted octanol–water partition coefficient (Wildman–Crippen LogP) is 3.08. The smallest absolute Gasteiger partial charge is 0.251 e. The Morgan fingerprint density at radius 1 is 0.933 bits per heavy atom. The van der Waals surface area contributed by atoms with Crippen LogP contribution in [0.1, 0.15) is 62.7 Å². The van der Waals surface area contributed by atoms with E-state index in [0.29, 0.717) is 31.0 Å². The number of carbonyl (C=O) groups excluding carboxylic acids is 3. The molecule has 0 spiro atoms. The van der Waals surface area contributed by atoms with Crippen molar-refractivity contribution < 1.29 is 14.4 Å². The van der Waals surface area contributed by atoms with Crippen LogP contribution in [-0.4, -0.2) is 59.7 Å². The maximum Gasteiger partial charge on any atom is 0.251 e. The molecule has 3 rings (SSSR count). The number of nitrogens with zero attached hydrogens (tertiary/aromatic N) is 2. The zero-order valence-electron chi connectivity index (χ0n) is 18.3. The number of piperidine rings is 2. The summed E-state index contributed by atoms with van der Waals surface area (Å²) in [6.45, 7) is 6.95. The fraction of sp³-hybridized carbons (Fsp3) is 0.625. The van der Waals surface area contributed by atoms with Crippen molar-refractivity contribution in [1.29, 1.82) is 0 Å². The second-order valence-electron chi connectivity index (χ2n) is 9.02. The van der Waals surface area contributed by atoms with Gasteiger partial charge in [0.25, 0.3) is 5.91 Å². The highest BCUT2D eigenvalue weighted by Crippen LogP contribution is 2.24. The molecule has 0 saturated carbocycles. The lowest BCUT2D eigenvalue weighted by Crippen LogP contribution is -2.55. The molecule has 164 valence electrons. The molecule has 2 aliphatic heterocycles. The summed E-state index contributed by atoms with van der Waals surface area (Å²) in [7, 11) is 0. The fourth-order valence-electron chi connectivity index (χ4n) is 4.47. The van der Waals surface area contributed by atoms with Crippen LogP contribution in [0.4, 0.5) is 0 Å². The molecule has 1 N–H and O–H groups in total. The van der Waals surface area contributed by atoms with Gasteiger partial charge in [0.2, 0.25) is 11.8 Å². The zero-order valence-corrected chi connectivity index (χ0v) is 18.3. The molecule has 1 aromatic carbocycles. The second kappa shape index (κ2) is 10.6. The Morgan fingerprint density at radius 2 is 1.57 bits per heavy atom. The van der Waals surface area contributed by atoms with Gasteiger partial charge in [0.1, 0.15) is 6.04 Å². The monoisotopic (exact) mass is 413 g/mol. The molecule has 30 heavy (non-hydrogen) atoms. The summed E-state index contributed by atoms with van der Waals surface area (Å²) in [4.78, 5) is 42.4. The minimum absolute atomic E-state index is 0.0333. The highest BCUT2D eigenvalue weighted by atomic mass is 16.2. The molecule has 6 heteroatoms. The first-order valence-electron chi connectivity index (χ1n) is 11.4. The van der Waals surface area contributed by atoms with Gasteiger partial charge >= 0.3 is 0 Å². The molecular formula is C24H35N3O3. The van der Waals surface area contributed by atoms with Gasteiger partial charge in [0.15, 0.2) is 0 Å². The third-order valence-corrected chi connectivity index (χ3v) is 6.20. The maximum atomic E-state index is 13.4. The Morgan fingerprint density at radius 3 is 2.17 bits per heavy atom. The van der Waals surface area contributed by atoms with Gasteiger partial charge in [0.05, 0.1) is 0 Å². The van der Waals surface area contributed by atoms with Crippen molar-refractivity contribution >= 4 is 17.7 Å². The number of likely N-dealkylation sites (tertiary alicyclic amines) is 2. The van der Waals surface area contributed by atoms with E-state index >= 15 is 0 Å². The van der Waals surface area contributed by atoms with Gasteiger partial charge in [-0.15, -0.1) is 0 Å². The van der Waals surface area contributed by atoms with E-state index < -0.39 is 6.04 Å². The van der Waals surface area contributed by atoms with Gasteiger partial charge in [-0.3, -0.25) is 14.4 Å².